The summed E-state index contributed by atoms with van der Waals surface area (Å²) < 4.78 is 0. The second-order valence-electron chi connectivity index (χ2n) is 2.72. The second-order valence-corrected chi connectivity index (χ2v) is 2.72. The van der Waals surface area contributed by atoms with Gasteiger partial charge in [0.1, 0.15) is 0 Å². The summed E-state index contributed by atoms with van der Waals surface area (Å²) in [5.41, 5.74) is 15.4. The van der Waals surface area contributed by atoms with Crippen LogP contribution < -0.4 is 17.2 Å². The molecule has 0 aromatic rings. The summed E-state index contributed by atoms with van der Waals surface area (Å²) in [6.07, 6.45) is 0.722. The van der Waals surface area contributed by atoms with E-state index in [0.717, 1.165) is 0 Å². The summed E-state index contributed by atoms with van der Waals surface area (Å²) >= 11 is 0. The molecule has 0 saturated heterocycles. The molecule has 7 nitrogen and oxygen atoms in total. The zero-order valence-corrected chi connectivity index (χ0v) is 7.64. The van der Waals surface area contributed by atoms with Gasteiger partial charge in [0, 0.05) is 6.54 Å². The molecule has 0 aliphatic carbocycles. The molecule has 7 heteroatoms. The maximum absolute atomic E-state index is 10.8. The highest BCUT2D eigenvalue weighted by molar-refractivity contribution is 6.34. The van der Waals surface area contributed by atoms with Gasteiger partial charge >= 0.3 is 5.97 Å². The van der Waals surface area contributed by atoms with Crippen molar-refractivity contribution >= 4 is 17.7 Å². The van der Waals surface area contributed by atoms with Crippen LogP contribution in [-0.4, -0.2) is 35.4 Å². The van der Waals surface area contributed by atoms with Gasteiger partial charge < -0.3 is 22.3 Å². The number of nitrogens with two attached hydrogens (primary N) is 3. The molecule has 0 aromatic heterocycles. The highest BCUT2D eigenvalue weighted by atomic mass is 16.4. The van der Waals surface area contributed by atoms with Crippen molar-refractivity contribution in [1.82, 2.24) is 0 Å². The molecule has 0 amide bonds. The van der Waals surface area contributed by atoms with Crippen molar-refractivity contribution in [3.8, 4) is 0 Å². The Morgan fingerprint density at radius 1 is 1.36 bits per heavy atom. The lowest BCUT2D eigenvalue weighted by Gasteiger charge is -2.05. The maximum Gasteiger partial charge on any atom is 0.373 e. The first-order chi connectivity index (χ1) is 6.45. The first kappa shape index (κ1) is 12.4. The van der Waals surface area contributed by atoms with Gasteiger partial charge in [0.05, 0.1) is 6.04 Å². The molecule has 0 fully saturated rings. The number of guanidine groups is 1. The Balaban J connectivity index is 3.75. The number of carboxylic acids is 1. The molecule has 80 valence electrons. The first-order valence-corrected chi connectivity index (χ1v) is 4.03. The van der Waals surface area contributed by atoms with Crippen molar-refractivity contribution in [3.05, 3.63) is 0 Å². The van der Waals surface area contributed by atoms with E-state index >= 15 is 0 Å². The van der Waals surface area contributed by atoms with Crippen molar-refractivity contribution in [2.75, 3.05) is 6.54 Å². The summed E-state index contributed by atoms with van der Waals surface area (Å²) in [6.45, 7) is 0.336. The molecular weight excluding hydrogens is 188 g/mol. The van der Waals surface area contributed by atoms with Crippen LogP contribution in [0, 0.1) is 0 Å². The van der Waals surface area contributed by atoms with Crippen LogP contribution in [0.15, 0.2) is 4.99 Å². The molecule has 0 saturated carbocycles. The Morgan fingerprint density at radius 3 is 2.36 bits per heavy atom. The predicted octanol–water partition coefficient (Wildman–Crippen LogP) is -1.98. The van der Waals surface area contributed by atoms with Crippen LogP contribution in [0.5, 0.6) is 0 Å². The number of carbonyl (C=O) groups excluding carboxylic acids is 1. The minimum absolute atomic E-state index is 0.0388. The number of aliphatic imine (C=N–C) groups is 1. The normalized spacial score (nSPS) is 11.8. The zero-order valence-electron chi connectivity index (χ0n) is 7.64. The van der Waals surface area contributed by atoms with E-state index in [2.05, 4.69) is 4.99 Å². The number of hydrogen-bond donors (Lipinski definition) is 4. The smallest absolute Gasteiger partial charge is 0.373 e. The first-order valence-electron chi connectivity index (χ1n) is 4.03. The molecule has 1 atom stereocenters. The van der Waals surface area contributed by atoms with Crippen molar-refractivity contribution in [2.45, 2.75) is 18.9 Å². The third-order valence-corrected chi connectivity index (χ3v) is 1.52. The van der Waals surface area contributed by atoms with Crippen LogP contribution in [0.1, 0.15) is 12.8 Å². The fourth-order valence-corrected chi connectivity index (χ4v) is 0.809. The molecule has 0 aliphatic rings. The fraction of sp³-hybridized carbons (Fsp3) is 0.571. The molecule has 0 aliphatic heterocycles. The van der Waals surface area contributed by atoms with Crippen LogP contribution in [0.25, 0.3) is 0 Å². The maximum atomic E-state index is 10.8. The Hall–Kier alpha value is -1.63. The Kier molecular flexibility index (Phi) is 5.23. The van der Waals surface area contributed by atoms with E-state index in [1.807, 2.05) is 0 Å². The number of carboxylic acid groups (broad SMARTS) is 1. The highest BCUT2D eigenvalue weighted by Crippen LogP contribution is 1.96. The minimum atomic E-state index is -1.51. The minimum Gasteiger partial charge on any atom is -0.475 e. The average molecular weight is 202 g/mol. The molecule has 0 unspecified atom stereocenters. The quantitative estimate of drug-likeness (QED) is 0.170. The molecular formula is C7H14N4O3. The van der Waals surface area contributed by atoms with Crippen molar-refractivity contribution in [1.29, 1.82) is 0 Å². The van der Waals surface area contributed by atoms with E-state index in [-0.39, 0.29) is 12.4 Å². The summed E-state index contributed by atoms with van der Waals surface area (Å²) in [6, 6.07) is -0.985. The summed E-state index contributed by atoms with van der Waals surface area (Å²) in [5.74, 6) is -2.54. The van der Waals surface area contributed by atoms with E-state index in [1.165, 1.54) is 0 Å². The molecule has 7 N–H and O–H groups in total. The number of ketones is 1. The van der Waals surface area contributed by atoms with E-state index in [4.69, 9.17) is 22.3 Å². The number of aliphatic carboxylic acids is 1. The molecule has 14 heavy (non-hydrogen) atoms. The number of nitrogens with zero attached hydrogens (tertiary/aromatic N) is 1. The van der Waals surface area contributed by atoms with Crippen LogP contribution in [-0.2, 0) is 9.59 Å². The van der Waals surface area contributed by atoms with E-state index in [9.17, 15) is 9.59 Å². The van der Waals surface area contributed by atoms with Gasteiger partial charge in [-0.2, -0.15) is 0 Å². The lowest BCUT2D eigenvalue weighted by atomic mass is 10.1. The molecule has 0 bridgehead atoms. The third kappa shape index (κ3) is 5.09. The summed E-state index contributed by atoms with van der Waals surface area (Å²) in [7, 11) is 0. The Labute approximate surface area is 81.0 Å². The number of carbonyl (C=O) groups is 2. The van der Waals surface area contributed by atoms with E-state index in [0.29, 0.717) is 13.0 Å². The van der Waals surface area contributed by atoms with Gasteiger partial charge in [0.25, 0.3) is 5.78 Å². The Morgan fingerprint density at radius 2 is 1.93 bits per heavy atom. The van der Waals surface area contributed by atoms with Gasteiger partial charge in [-0.1, -0.05) is 0 Å². The second kappa shape index (κ2) is 5.92. The molecule has 0 radical (unpaired) electrons. The van der Waals surface area contributed by atoms with E-state index in [1.54, 1.807) is 0 Å². The largest absolute Gasteiger partial charge is 0.475 e. The SMILES string of the molecule is NC(N)=NCCC[C@H](N)C(=O)C(=O)O. The molecule has 0 heterocycles. The summed E-state index contributed by atoms with van der Waals surface area (Å²) in [5, 5.41) is 8.30. The Bertz CT molecular complexity index is 247. The van der Waals surface area contributed by atoms with Crippen LogP contribution in [0.4, 0.5) is 0 Å². The number of hydrogen-bond acceptors (Lipinski definition) is 4. The van der Waals surface area contributed by atoms with Gasteiger partial charge in [-0.25, -0.2) is 4.79 Å². The van der Waals surface area contributed by atoms with E-state index < -0.39 is 17.8 Å². The van der Waals surface area contributed by atoms with Gasteiger partial charge in [-0.15, -0.1) is 0 Å². The monoisotopic (exact) mass is 202 g/mol. The van der Waals surface area contributed by atoms with Gasteiger partial charge in [0.2, 0.25) is 0 Å². The molecule has 0 aromatic carbocycles. The third-order valence-electron chi connectivity index (χ3n) is 1.52. The predicted molar refractivity (Wildman–Crippen MR) is 50.5 cm³/mol. The lowest BCUT2D eigenvalue weighted by Crippen LogP contribution is -2.35. The van der Waals surface area contributed by atoms with Gasteiger partial charge in [-0.05, 0) is 12.8 Å². The van der Waals surface area contributed by atoms with Crippen LogP contribution >= 0.6 is 0 Å². The van der Waals surface area contributed by atoms with Gasteiger partial charge in [-0.3, -0.25) is 9.79 Å². The highest BCUT2D eigenvalue weighted by Gasteiger charge is 2.19. The topological polar surface area (TPSA) is 145 Å². The van der Waals surface area contributed by atoms with Crippen LogP contribution in [0.3, 0.4) is 0 Å². The van der Waals surface area contributed by atoms with Gasteiger partial charge in [0.15, 0.2) is 5.96 Å². The fourth-order valence-electron chi connectivity index (χ4n) is 0.809. The standard InChI is InChI=1S/C7H14N4O3/c8-4(5(12)6(13)14)2-1-3-11-7(9)10/h4H,1-3,8H2,(H,13,14)(H4,9,10,11)/t4-/m0/s1. The number of rotatable bonds is 6. The summed E-state index contributed by atoms with van der Waals surface area (Å²) in [4.78, 5) is 24.6. The number of Topliss-reactive ketones (excluding diaryl/α,β-unsaturated/α-hetero) is 1. The van der Waals surface area contributed by atoms with Crippen molar-refractivity contribution in [3.63, 3.8) is 0 Å². The lowest BCUT2D eigenvalue weighted by molar-refractivity contribution is -0.149. The van der Waals surface area contributed by atoms with Crippen molar-refractivity contribution in [2.24, 2.45) is 22.2 Å². The average Bonchev–Trinajstić information content (AvgIpc) is 2.10. The molecule has 0 rings (SSSR count). The molecule has 0 spiro atoms. The zero-order chi connectivity index (χ0) is 11.1. The van der Waals surface area contributed by atoms with Crippen molar-refractivity contribution < 1.29 is 14.7 Å². The van der Waals surface area contributed by atoms with Crippen LogP contribution in [0.2, 0.25) is 0 Å².